The van der Waals surface area contributed by atoms with Gasteiger partial charge in [-0.25, -0.2) is 4.79 Å². The van der Waals surface area contributed by atoms with Crippen molar-refractivity contribution in [1.82, 2.24) is 5.32 Å². The van der Waals surface area contributed by atoms with Gasteiger partial charge in [0, 0.05) is 20.1 Å². The van der Waals surface area contributed by atoms with Gasteiger partial charge in [-0.15, -0.1) is 0 Å². The first kappa shape index (κ1) is 13.9. The van der Waals surface area contributed by atoms with Gasteiger partial charge in [-0.3, -0.25) is 4.79 Å². The summed E-state index contributed by atoms with van der Waals surface area (Å²) in [5.41, 5.74) is 0. The molecule has 0 saturated heterocycles. The van der Waals surface area contributed by atoms with Gasteiger partial charge in [-0.1, -0.05) is 0 Å². The van der Waals surface area contributed by atoms with Crippen molar-refractivity contribution in [2.75, 3.05) is 20.3 Å². The lowest BCUT2D eigenvalue weighted by Crippen LogP contribution is -2.39. The molecule has 1 N–H and O–H groups in total. The molecule has 1 amide bonds. The Bertz CT molecular complexity index is 206. The number of ether oxygens (including phenoxy) is 2. The first-order valence-corrected chi connectivity index (χ1v) is 5.06. The van der Waals surface area contributed by atoms with E-state index >= 15 is 0 Å². The molecule has 0 spiro atoms. The molecule has 0 saturated carbocycles. The summed E-state index contributed by atoms with van der Waals surface area (Å²) in [6.45, 7) is 4.20. The van der Waals surface area contributed by atoms with E-state index in [1.165, 1.54) is 0 Å². The molecule has 0 aromatic rings. The molecule has 0 aliphatic carbocycles. The van der Waals surface area contributed by atoms with Crippen LogP contribution in [0.1, 0.15) is 26.7 Å². The Morgan fingerprint density at radius 3 is 2.60 bits per heavy atom. The number of esters is 1. The zero-order valence-electron chi connectivity index (χ0n) is 9.54. The van der Waals surface area contributed by atoms with Crippen LogP contribution in [0.5, 0.6) is 0 Å². The Labute approximate surface area is 90.1 Å². The number of hydrogen-bond acceptors (Lipinski definition) is 4. The van der Waals surface area contributed by atoms with E-state index in [0.29, 0.717) is 26.1 Å². The summed E-state index contributed by atoms with van der Waals surface area (Å²) in [4.78, 5) is 22.4. The average Bonchev–Trinajstić information content (AvgIpc) is 2.18. The molecule has 0 aromatic carbocycles. The molecule has 0 heterocycles. The summed E-state index contributed by atoms with van der Waals surface area (Å²) >= 11 is 0. The highest BCUT2D eigenvalue weighted by Gasteiger charge is 2.15. The number of carbonyl (C=O) groups excluding carboxylic acids is 2. The zero-order chi connectivity index (χ0) is 11.7. The molecule has 0 bridgehead atoms. The molecule has 0 radical (unpaired) electrons. The number of methoxy groups -OCH3 is 1. The van der Waals surface area contributed by atoms with Gasteiger partial charge < -0.3 is 14.8 Å². The second-order valence-electron chi connectivity index (χ2n) is 3.14. The Morgan fingerprint density at radius 1 is 1.40 bits per heavy atom. The van der Waals surface area contributed by atoms with Gasteiger partial charge in [0.1, 0.15) is 6.04 Å². The minimum Gasteiger partial charge on any atom is -0.464 e. The number of carbonyl (C=O) groups is 2. The molecular formula is C10H19NO4. The molecule has 5 nitrogen and oxygen atoms in total. The lowest BCUT2D eigenvalue weighted by Gasteiger charge is -2.12. The average molecular weight is 217 g/mol. The van der Waals surface area contributed by atoms with Crippen LogP contribution in [-0.4, -0.2) is 38.2 Å². The van der Waals surface area contributed by atoms with Crippen LogP contribution in [0.2, 0.25) is 0 Å². The Morgan fingerprint density at radius 2 is 2.07 bits per heavy atom. The number of hydrogen-bond donors (Lipinski definition) is 1. The van der Waals surface area contributed by atoms with Gasteiger partial charge in [0.2, 0.25) is 5.91 Å². The second-order valence-corrected chi connectivity index (χ2v) is 3.14. The van der Waals surface area contributed by atoms with Gasteiger partial charge in [-0.2, -0.15) is 0 Å². The first-order chi connectivity index (χ1) is 7.11. The third kappa shape index (κ3) is 6.90. The first-order valence-electron chi connectivity index (χ1n) is 5.06. The van der Waals surface area contributed by atoms with Crippen LogP contribution in [-0.2, 0) is 19.1 Å². The largest absolute Gasteiger partial charge is 0.464 e. The van der Waals surface area contributed by atoms with Crippen molar-refractivity contribution in [1.29, 1.82) is 0 Å². The van der Waals surface area contributed by atoms with Crippen molar-refractivity contribution in [3.63, 3.8) is 0 Å². The van der Waals surface area contributed by atoms with Crippen LogP contribution < -0.4 is 5.32 Å². The Balaban J connectivity index is 3.70. The Kier molecular flexibility index (Phi) is 7.62. The monoisotopic (exact) mass is 217 g/mol. The maximum absolute atomic E-state index is 11.3. The van der Waals surface area contributed by atoms with Crippen LogP contribution in [0.4, 0.5) is 0 Å². The van der Waals surface area contributed by atoms with E-state index in [4.69, 9.17) is 9.47 Å². The molecule has 0 rings (SSSR count). The smallest absolute Gasteiger partial charge is 0.328 e. The predicted octanol–water partition coefficient (Wildman–Crippen LogP) is 0.481. The fraction of sp³-hybridized carbons (Fsp3) is 0.800. The molecule has 5 heteroatoms. The minimum absolute atomic E-state index is 0.160. The van der Waals surface area contributed by atoms with Gasteiger partial charge in [-0.05, 0) is 20.3 Å². The van der Waals surface area contributed by atoms with Crippen LogP contribution in [0, 0.1) is 0 Å². The van der Waals surface area contributed by atoms with Crippen molar-refractivity contribution in [2.45, 2.75) is 32.7 Å². The van der Waals surface area contributed by atoms with E-state index in [9.17, 15) is 9.59 Å². The van der Waals surface area contributed by atoms with Crippen LogP contribution in [0.3, 0.4) is 0 Å². The standard InChI is InChI=1S/C10H19NO4/c1-4-15-10(13)8(2)11-9(12)6-5-7-14-3/h8H,4-7H2,1-3H3,(H,11,12). The summed E-state index contributed by atoms with van der Waals surface area (Å²) in [5, 5.41) is 2.55. The number of rotatable bonds is 7. The molecule has 0 aliphatic rings. The van der Waals surface area contributed by atoms with Crippen LogP contribution in [0.25, 0.3) is 0 Å². The van der Waals surface area contributed by atoms with E-state index in [0.717, 1.165) is 0 Å². The molecule has 0 aromatic heterocycles. The molecule has 0 fully saturated rings. The third-order valence-corrected chi connectivity index (χ3v) is 1.77. The third-order valence-electron chi connectivity index (χ3n) is 1.77. The highest BCUT2D eigenvalue weighted by atomic mass is 16.5. The number of nitrogens with one attached hydrogen (secondary N) is 1. The minimum atomic E-state index is -0.583. The predicted molar refractivity (Wildman–Crippen MR) is 55.3 cm³/mol. The Hall–Kier alpha value is -1.10. The fourth-order valence-electron chi connectivity index (χ4n) is 1.02. The summed E-state index contributed by atoms with van der Waals surface area (Å²) in [7, 11) is 1.58. The molecule has 0 aliphatic heterocycles. The molecule has 1 unspecified atom stereocenters. The maximum Gasteiger partial charge on any atom is 0.328 e. The van der Waals surface area contributed by atoms with Crippen molar-refractivity contribution in [2.24, 2.45) is 0 Å². The lowest BCUT2D eigenvalue weighted by atomic mass is 10.2. The van der Waals surface area contributed by atoms with E-state index in [2.05, 4.69) is 5.32 Å². The van der Waals surface area contributed by atoms with Crippen molar-refractivity contribution in [3.8, 4) is 0 Å². The van der Waals surface area contributed by atoms with Crippen molar-refractivity contribution in [3.05, 3.63) is 0 Å². The zero-order valence-corrected chi connectivity index (χ0v) is 9.54. The SMILES string of the molecule is CCOC(=O)C(C)NC(=O)CCCOC. The van der Waals surface area contributed by atoms with E-state index in [1.54, 1.807) is 21.0 Å². The normalized spacial score (nSPS) is 11.9. The summed E-state index contributed by atoms with van der Waals surface area (Å²) < 4.78 is 9.56. The van der Waals surface area contributed by atoms with Gasteiger partial charge >= 0.3 is 5.97 Å². The summed E-state index contributed by atoms with van der Waals surface area (Å²) in [6.07, 6.45) is 1.01. The second kappa shape index (κ2) is 8.23. The molecular weight excluding hydrogens is 198 g/mol. The lowest BCUT2D eigenvalue weighted by molar-refractivity contribution is -0.146. The summed E-state index contributed by atoms with van der Waals surface area (Å²) in [5.74, 6) is -0.565. The molecule has 88 valence electrons. The van der Waals surface area contributed by atoms with E-state index in [1.807, 2.05) is 0 Å². The highest BCUT2D eigenvalue weighted by molar-refractivity contribution is 5.84. The van der Waals surface area contributed by atoms with Crippen LogP contribution >= 0.6 is 0 Å². The topological polar surface area (TPSA) is 64.6 Å². The van der Waals surface area contributed by atoms with Gasteiger partial charge in [0.15, 0.2) is 0 Å². The van der Waals surface area contributed by atoms with Crippen molar-refractivity contribution >= 4 is 11.9 Å². The van der Waals surface area contributed by atoms with Gasteiger partial charge in [0.05, 0.1) is 6.61 Å². The molecule has 1 atom stereocenters. The van der Waals surface area contributed by atoms with Crippen molar-refractivity contribution < 1.29 is 19.1 Å². The van der Waals surface area contributed by atoms with Crippen LogP contribution in [0.15, 0.2) is 0 Å². The van der Waals surface area contributed by atoms with E-state index in [-0.39, 0.29) is 5.91 Å². The highest BCUT2D eigenvalue weighted by Crippen LogP contribution is 1.93. The fourth-order valence-corrected chi connectivity index (χ4v) is 1.02. The van der Waals surface area contributed by atoms with Gasteiger partial charge in [0.25, 0.3) is 0 Å². The number of amides is 1. The molecule has 15 heavy (non-hydrogen) atoms. The van der Waals surface area contributed by atoms with E-state index < -0.39 is 12.0 Å². The quantitative estimate of drug-likeness (QED) is 0.497. The maximum atomic E-state index is 11.3. The summed E-state index contributed by atoms with van der Waals surface area (Å²) in [6, 6.07) is -0.583.